The summed E-state index contributed by atoms with van der Waals surface area (Å²) in [5, 5.41) is 5.16. The van der Waals surface area contributed by atoms with Crippen molar-refractivity contribution in [3.8, 4) is 0 Å². The number of hydrogen-bond acceptors (Lipinski definition) is 2. The van der Waals surface area contributed by atoms with Gasteiger partial charge in [0.1, 0.15) is 0 Å². The standard InChI is InChI=1S/C13H18N2O2/c1-9-6-5-7-10(8-9)14-11(16)12(17)15-13(2,3)4/h5-8H,1-4H3,(H,14,16)(H,15,17). The minimum Gasteiger partial charge on any atom is -0.343 e. The quantitative estimate of drug-likeness (QED) is 0.728. The Morgan fingerprint density at radius 3 is 2.29 bits per heavy atom. The summed E-state index contributed by atoms with van der Waals surface area (Å²) in [5.41, 5.74) is 1.24. The SMILES string of the molecule is Cc1cccc(NC(=O)C(=O)NC(C)(C)C)c1. The van der Waals surface area contributed by atoms with Gasteiger partial charge in [0.15, 0.2) is 0 Å². The van der Waals surface area contributed by atoms with E-state index in [4.69, 9.17) is 0 Å². The fraction of sp³-hybridized carbons (Fsp3) is 0.385. The van der Waals surface area contributed by atoms with Crippen molar-refractivity contribution in [2.45, 2.75) is 33.2 Å². The van der Waals surface area contributed by atoms with E-state index in [2.05, 4.69) is 10.6 Å². The first-order valence-electron chi connectivity index (χ1n) is 5.48. The zero-order valence-electron chi connectivity index (χ0n) is 10.6. The number of carbonyl (C=O) groups is 2. The van der Waals surface area contributed by atoms with Gasteiger partial charge in [0.25, 0.3) is 0 Å². The van der Waals surface area contributed by atoms with E-state index in [1.54, 1.807) is 6.07 Å². The summed E-state index contributed by atoms with van der Waals surface area (Å²) < 4.78 is 0. The Balaban J connectivity index is 2.64. The fourth-order valence-electron chi connectivity index (χ4n) is 1.31. The van der Waals surface area contributed by atoms with Gasteiger partial charge in [-0.15, -0.1) is 0 Å². The Hall–Kier alpha value is -1.84. The number of aryl methyl sites for hydroxylation is 1. The average Bonchev–Trinajstić information content (AvgIpc) is 2.14. The summed E-state index contributed by atoms with van der Waals surface area (Å²) in [6, 6.07) is 7.30. The molecule has 4 heteroatoms. The van der Waals surface area contributed by atoms with Gasteiger partial charge >= 0.3 is 11.8 Å². The molecule has 0 spiro atoms. The molecule has 2 N–H and O–H groups in total. The van der Waals surface area contributed by atoms with Crippen LogP contribution in [0.4, 0.5) is 5.69 Å². The van der Waals surface area contributed by atoms with Crippen molar-refractivity contribution in [2.75, 3.05) is 5.32 Å². The van der Waals surface area contributed by atoms with Crippen molar-refractivity contribution in [1.29, 1.82) is 0 Å². The zero-order valence-corrected chi connectivity index (χ0v) is 10.6. The number of benzene rings is 1. The van der Waals surface area contributed by atoms with Crippen molar-refractivity contribution in [2.24, 2.45) is 0 Å². The molecule has 2 amide bonds. The van der Waals surface area contributed by atoms with Gasteiger partial charge in [0, 0.05) is 11.2 Å². The van der Waals surface area contributed by atoms with Crippen LogP contribution in [-0.2, 0) is 9.59 Å². The number of anilines is 1. The first-order chi connectivity index (χ1) is 7.78. The van der Waals surface area contributed by atoms with E-state index in [1.165, 1.54) is 0 Å². The summed E-state index contributed by atoms with van der Waals surface area (Å²) in [5.74, 6) is -1.27. The molecule has 0 aliphatic heterocycles. The molecule has 0 heterocycles. The third-order valence-electron chi connectivity index (χ3n) is 1.97. The van der Waals surface area contributed by atoms with Crippen LogP contribution >= 0.6 is 0 Å². The molecule has 0 unspecified atom stereocenters. The molecule has 0 saturated heterocycles. The molecule has 0 atom stereocenters. The first kappa shape index (κ1) is 13.2. The van der Waals surface area contributed by atoms with Crippen LogP contribution in [-0.4, -0.2) is 17.4 Å². The monoisotopic (exact) mass is 234 g/mol. The molecule has 0 saturated carbocycles. The second-order valence-electron chi connectivity index (χ2n) is 5.03. The molecule has 1 rings (SSSR count). The third kappa shape index (κ3) is 4.68. The Morgan fingerprint density at radius 2 is 1.76 bits per heavy atom. The minimum atomic E-state index is -0.648. The fourth-order valence-corrected chi connectivity index (χ4v) is 1.31. The van der Waals surface area contributed by atoms with Gasteiger partial charge in [0.2, 0.25) is 0 Å². The van der Waals surface area contributed by atoms with E-state index in [0.717, 1.165) is 5.56 Å². The predicted molar refractivity (Wildman–Crippen MR) is 67.7 cm³/mol. The van der Waals surface area contributed by atoms with Crippen LogP contribution in [0.1, 0.15) is 26.3 Å². The summed E-state index contributed by atoms with van der Waals surface area (Å²) in [7, 11) is 0. The number of hydrogen-bond donors (Lipinski definition) is 2. The van der Waals surface area contributed by atoms with E-state index >= 15 is 0 Å². The average molecular weight is 234 g/mol. The van der Waals surface area contributed by atoms with E-state index in [9.17, 15) is 9.59 Å². The second kappa shape index (κ2) is 4.99. The molecule has 17 heavy (non-hydrogen) atoms. The Morgan fingerprint density at radius 1 is 1.12 bits per heavy atom. The van der Waals surface area contributed by atoms with Crippen LogP contribution in [0.2, 0.25) is 0 Å². The van der Waals surface area contributed by atoms with Gasteiger partial charge in [-0.05, 0) is 45.4 Å². The maximum Gasteiger partial charge on any atom is 0.313 e. The summed E-state index contributed by atoms with van der Waals surface area (Å²) in [4.78, 5) is 23.1. The highest BCUT2D eigenvalue weighted by molar-refractivity contribution is 6.39. The zero-order chi connectivity index (χ0) is 13.1. The number of rotatable bonds is 1. The molecular weight excluding hydrogens is 216 g/mol. The lowest BCUT2D eigenvalue weighted by molar-refractivity contribution is -0.137. The van der Waals surface area contributed by atoms with Gasteiger partial charge in [-0.2, -0.15) is 0 Å². The van der Waals surface area contributed by atoms with Crippen molar-refractivity contribution in [3.05, 3.63) is 29.8 Å². The molecule has 0 bridgehead atoms. The van der Waals surface area contributed by atoms with Crippen LogP contribution < -0.4 is 10.6 Å². The van der Waals surface area contributed by atoms with Crippen molar-refractivity contribution in [1.82, 2.24) is 5.32 Å². The molecule has 0 radical (unpaired) electrons. The van der Waals surface area contributed by atoms with Gasteiger partial charge in [-0.25, -0.2) is 0 Å². The number of amides is 2. The lowest BCUT2D eigenvalue weighted by atomic mass is 10.1. The lowest BCUT2D eigenvalue weighted by Crippen LogP contribution is -2.46. The van der Waals surface area contributed by atoms with E-state index in [-0.39, 0.29) is 0 Å². The topological polar surface area (TPSA) is 58.2 Å². The molecule has 0 aliphatic carbocycles. The highest BCUT2D eigenvalue weighted by Crippen LogP contribution is 2.09. The molecule has 4 nitrogen and oxygen atoms in total. The molecule has 0 fully saturated rings. The smallest absolute Gasteiger partial charge is 0.313 e. The maximum absolute atomic E-state index is 11.6. The molecule has 0 aliphatic rings. The van der Waals surface area contributed by atoms with Crippen molar-refractivity contribution in [3.63, 3.8) is 0 Å². The minimum absolute atomic E-state index is 0.416. The van der Waals surface area contributed by atoms with Gasteiger partial charge in [-0.3, -0.25) is 9.59 Å². The molecule has 0 aromatic heterocycles. The Labute approximate surface area is 101 Å². The predicted octanol–water partition coefficient (Wildman–Crippen LogP) is 1.85. The van der Waals surface area contributed by atoms with Crippen LogP contribution in [0, 0.1) is 6.92 Å². The highest BCUT2D eigenvalue weighted by atomic mass is 16.2. The normalized spacial score (nSPS) is 10.8. The summed E-state index contributed by atoms with van der Waals surface area (Å²) >= 11 is 0. The highest BCUT2D eigenvalue weighted by Gasteiger charge is 2.20. The Kier molecular flexibility index (Phi) is 3.89. The van der Waals surface area contributed by atoms with E-state index in [1.807, 2.05) is 45.9 Å². The Bertz CT molecular complexity index is 433. The summed E-state index contributed by atoms with van der Waals surface area (Å²) in [6.45, 7) is 7.39. The van der Waals surface area contributed by atoms with Crippen molar-refractivity contribution >= 4 is 17.5 Å². The van der Waals surface area contributed by atoms with Gasteiger partial charge in [-0.1, -0.05) is 12.1 Å². The van der Waals surface area contributed by atoms with E-state index in [0.29, 0.717) is 5.69 Å². The lowest BCUT2D eigenvalue weighted by Gasteiger charge is -2.19. The van der Waals surface area contributed by atoms with Crippen molar-refractivity contribution < 1.29 is 9.59 Å². The maximum atomic E-state index is 11.6. The third-order valence-corrected chi connectivity index (χ3v) is 1.97. The van der Waals surface area contributed by atoms with Crippen LogP contribution in [0.5, 0.6) is 0 Å². The van der Waals surface area contributed by atoms with Gasteiger partial charge < -0.3 is 10.6 Å². The van der Waals surface area contributed by atoms with Crippen LogP contribution in [0.15, 0.2) is 24.3 Å². The van der Waals surface area contributed by atoms with Crippen LogP contribution in [0.3, 0.4) is 0 Å². The number of nitrogens with one attached hydrogen (secondary N) is 2. The summed E-state index contributed by atoms with van der Waals surface area (Å²) in [6.07, 6.45) is 0. The molecular formula is C13H18N2O2. The second-order valence-corrected chi connectivity index (χ2v) is 5.03. The molecule has 1 aromatic rings. The first-order valence-corrected chi connectivity index (χ1v) is 5.48. The van der Waals surface area contributed by atoms with E-state index < -0.39 is 17.4 Å². The molecule has 1 aromatic carbocycles. The van der Waals surface area contributed by atoms with Crippen LogP contribution in [0.25, 0.3) is 0 Å². The largest absolute Gasteiger partial charge is 0.343 e. The molecule has 92 valence electrons. The van der Waals surface area contributed by atoms with Gasteiger partial charge in [0.05, 0.1) is 0 Å². The number of carbonyl (C=O) groups excluding carboxylic acids is 2.